The van der Waals surface area contributed by atoms with Crippen molar-refractivity contribution in [3.63, 3.8) is 0 Å². The van der Waals surface area contributed by atoms with Gasteiger partial charge in [0.1, 0.15) is 0 Å². The quantitative estimate of drug-likeness (QED) is 0.829. The van der Waals surface area contributed by atoms with Crippen LogP contribution in [0, 0.1) is 11.8 Å². The minimum atomic E-state index is -4.68. The van der Waals surface area contributed by atoms with E-state index in [-0.39, 0.29) is 6.54 Å². The van der Waals surface area contributed by atoms with Gasteiger partial charge < -0.3 is 24.8 Å². The van der Waals surface area contributed by atoms with Crippen LogP contribution >= 0.6 is 0 Å². The maximum Gasteiger partial charge on any atom is 0.394 e. The van der Waals surface area contributed by atoms with Crippen molar-refractivity contribution in [2.75, 3.05) is 26.3 Å². The highest BCUT2D eigenvalue weighted by molar-refractivity contribution is 5.78. The molecule has 0 aromatic heterocycles. The monoisotopic (exact) mass is 388 g/mol. The Kier molecular flexibility index (Phi) is 5.33. The summed E-state index contributed by atoms with van der Waals surface area (Å²) in [5.74, 6) is -4.27. The van der Waals surface area contributed by atoms with Crippen LogP contribution < -0.4 is 14.8 Å². The van der Waals surface area contributed by atoms with Gasteiger partial charge in [0.2, 0.25) is 0 Å². The van der Waals surface area contributed by atoms with E-state index in [0.717, 1.165) is 4.90 Å². The minimum Gasteiger partial charge on any atom is -0.490 e. The third kappa shape index (κ3) is 4.20. The van der Waals surface area contributed by atoms with Gasteiger partial charge in [-0.05, 0) is 6.07 Å². The number of likely N-dealkylation sites (tertiary alicyclic amines) is 1. The number of hydrogen-bond acceptors (Lipinski definition) is 4. The standard InChI is InChI=1S/C17H19F3N2O5/c18-17(19,20)12-9-22(8-11(12)15(23)24)16(25)21-7-10-3-1-4-13-14(10)27-6-2-5-26-13/h1,3-4,11-12H,2,5-9H2,(H,21,25)(H,23,24)/t11-,12-/m1/s1. The van der Waals surface area contributed by atoms with Gasteiger partial charge in [0, 0.05) is 31.6 Å². The predicted molar refractivity (Wildman–Crippen MR) is 86.5 cm³/mol. The lowest BCUT2D eigenvalue weighted by Gasteiger charge is -2.19. The summed E-state index contributed by atoms with van der Waals surface area (Å²) in [7, 11) is 0. The molecule has 0 saturated carbocycles. The van der Waals surface area contributed by atoms with Crippen molar-refractivity contribution in [1.82, 2.24) is 10.2 Å². The molecule has 148 valence electrons. The first-order valence-corrected chi connectivity index (χ1v) is 8.47. The fourth-order valence-electron chi connectivity index (χ4n) is 3.23. The lowest BCUT2D eigenvalue weighted by Crippen LogP contribution is -2.39. The summed E-state index contributed by atoms with van der Waals surface area (Å²) in [6.45, 7) is -0.184. The van der Waals surface area contributed by atoms with Gasteiger partial charge in [-0.2, -0.15) is 13.2 Å². The molecule has 2 N–H and O–H groups in total. The zero-order valence-electron chi connectivity index (χ0n) is 14.3. The Morgan fingerprint density at radius 1 is 1.22 bits per heavy atom. The molecule has 2 aliphatic heterocycles. The number of urea groups is 1. The number of carbonyl (C=O) groups excluding carboxylic acids is 1. The number of benzene rings is 1. The molecule has 0 bridgehead atoms. The van der Waals surface area contributed by atoms with Crippen molar-refractivity contribution in [3.05, 3.63) is 23.8 Å². The maximum atomic E-state index is 13.0. The number of nitrogens with zero attached hydrogens (tertiary/aromatic N) is 1. The van der Waals surface area contributed by atoms with Crippen LogP contribution in [0.15, 0.2) is 18.2 Å². The maximum absolute atomic E-state index is 13.0. The predicted octanol–water partition coefficient (Wildman–Crippen LogP) is 2.25. The molecule has 1 aromatic carbocycles. The number of carbonyl (C=O) groups is 2. The van der Waals surface area contributed by atoms with E-state index in [2.05, 4.69) is 5.32 Å². The average Bonchev–Trinajstić information content (AvgIpc) is 2.94. The first kappa shape index (κ1) is 19.1. The van der Waals surface area contributed by atoms with Crippen molar-refractivity contribution in [1.29, 1.82) is 0 Å². The summed E-state index contributed by atoms with van der Waals surface area (Å²) >= 11 is 0. The molecule has 7 nitrogen and oxygen atoms in total. The fourth-order valence-corrected chi connectivity index (χ4v) is 3.23. The van der Waals surface area contributed by atoms with Gasteiger partial charge in [0.25, 0.3) is 0 Å². The number of alkyl halides is 3. The Labute approximate surface area is 153 Å². The van der Waals surface area contributed by atoms with Gasteiger partial charge in [-0.15, -0.1) is 0 Å². The molecule has 1 fully saturated rings. The summed E-state index contributed by atoms with van der Waals surface area (Å²) in [6.07, 6.45) is -3.97. The highest BCUT2D eigenvalue weighted by Gasteiger charge is 2.53. The molecular formula is C17H19F3N2O5. The van der Waals surface area contributed by atoms with E-state index in [0.29, 0.717) is 36.7 Å². The zero-order valence-corrected chi connectivity index (χ0v) is 14.3. The second kappa shape index (κ2) is 7.53. The van der Waals surface area contributed by atoms with E-state index in [9.17, 15) is 22.8 Å². The van der Waals surface area contributed by atoms with Crippen LogP contribution in [0.3, 0.4) is 0 Å². The van der Waals surface area contributed by atoms with Gasteiger partial charge >= 0.3 is 18.2 Å². The molecule has 2 heterocycles. The van der Waals surface area contributed by atoms with E-state index >= 15 is 0 Å². The van der Waals surface area contributed by atoms with Gasteiger partial charge in [-0.1, -0.05) is 12.1 Å². The lowest BCUT2D eigenvalue weighted by atomic mass is 9.96. The average molecular weight is 388 g/mol. The van der Waals surface area contributed by atoms with E-state index in [1.165, 1.54) is 0 Å². The number of fused-ring (bicyclic) bond motifs is 1. The molecule has 2 aliphatic rings. The number of nitrogens with one attached hydrogen (secondary N) is 1. The van der Waals surface area contributed by atoms with Crippen molar-refractivity contribution < 1.29 is 37.3 Å². The zero-order chi connectivity index (χ0) is 19.6. The second-order valence-corrected chi connectivity index (χ2v) is 6.45. The van der Waals surface area contributed by atoms with E-state index in [1.807, 2.05) is 0 Å². The van der Waals surface area contributed by atoms with Crippen molar-refractivity contribution in [3.8, 4) is 11.5 Å². The number of ether oxygens (including phenoxy) is 2. The van der Waals surface area contributed by atoms with E-state index in [4.69, 9.17) is 14.6 Å². The van der Waals surface area contributed by atoms with E-state index in [1.54, 1.807) is 18.2 Å². The van der Waals surface area contributed by atoms with Crippen LogP contribution in [0.1, 0.15) is 12.0 Å². The van der Waals surface area contributed by atoms with Crippen molar-refractivity contribution in [2.45, 2.75) is 19.1 Å². The molecule has 1 saturated heterocycles. The first-order valence-electron chi connectivity index (χ1n) is 8.47. The first-order chi connectivity index (χ1) is 12.8. The summed E-state index contributed by atoms with van der Waals surface area (Å²) in [6, 6.07) is 4.43. The van der Waals surface area contributed by atoms with Gasteiger partial charge in [0.15, 0.2) is 11.5 Å². The fraction of sp³-hybridized carbons (Fsp3) is 0.529. The van der Waals surface area contributed by atoms with Crippen LogP contribution in [0.25, 0.3) is 0 Å². The Balaban J connectivity index is 1.66. The van der Waals surface area contributed by atoms with Crippen LogP contribution in [-0.2, 0) is 11.3 Å². The molecule has 0 spiro atoms. The third-order valence-corrected chi connectivity index (χ3v) is 4.63. The Hall–Kier alpha value is -2.65. The molecule has 10 heteroatoms. The number of aliphatic carboxylic acids is 1. The minimum absolute atomic E-state index is 0.0241. The number of carboxylic acid groups (broad SMARTS) is 1. The number of amides is 2. The summed E-state index contributed by atoms with van der Waals surface area (Å²) in [5, 5.41) is 11.6. The molecule has 0 unspecified atom stereocenters. The number of halogens is 3. The number of carboxylic acids is 1. The molecule has 27 heavy (non-hydrogen) atoms. The Morgan fingerprint density at radius 2 is 1.96 bits per heavy atom. The molecule has 0 radical (unpaired) electrons. The largest absolute Gasteiger partial charge is 0.490 e. The van der Waals surface area contributed by atoms with E-state index < -0.39 is 43.1 Å². The molecule has 2 atom stereocenters. The molecular weight excluding hydrogens is 369 g/mol. The van der Waals surface area contributed by atoms with Gasteiger partial charge in [-0.3, -0.25) is 4.79 Å². The third-order valence-electron chi connectivity index (χ3n) is 4.63. The van der Waals surface area contributed by atoms with Gasteiger partial charge in [-0.25, -0.2) is 4.79 Å². The molecule has 2 amide bonds. The Morgan fingerprint density at radius 3 is 2.63 bits per heavy atom. The summed E-state index contributed by atoms with van der Waals surface area (Å²) in [4.78, 5) is 24.3. The van der Waals surface area contributed by atoms with Crippen LogP contribution in [0.5, 0.6) is 11.5 Å². The highest BCUT2D eigenvalue weighted by Crippen LogP contribution is 2.38. The van der Waals surface area contributed by atoms with Crippen molar-refractivity contribution in [2.24, 2.45) is 11.8 Å². The van der Waals surface area contributed by atoms with Crippen LogP contribution in [0.2, 0.25) is 0 Å². The Bertz CT molecular complexity index is 725. The van der Waals surface area contributed by atoms with Crippen LogP contribution in [-0.4, -0.2) is 54.5 Å². The van der Waals surface area contributed by atoms with Crippen LogP contribution in [0.4, 0.5) is 18.0 Å². The number of para-hydroxylation sites is 1. The normalized spacial score (nSPS) is 22.3. The highest BCUT2D eigenvalue weighted by atomic mass is 19.4. The lowest BCUT2D eigenvalue weighted by molar-refractivity contribution is -0.187. The number of hydrogen-bond donors (Lipinski definition) is 2. The van der Waals surface area contributed by atoms with Gasteiger partial charge in [0.05, 0.1) is 25.0 Å². The topological polar surface area (TPSA) is 88.1 Å². The summed E-state index contributed by atoms with van der Waals surface area (Å²) in [5.41, 5.74) is 0.629. The smallest absolute Gasteiger partial charge is 0.394 e. The SMILES string of the molecule is O=C(O)[C@@H]1CN(C(=O)NCc2cccc3c2OCCCO3)C[C@H]1C(F)(F)F. The molecule has 0 aliphatic carbocycles. The molecule has 1 aromatic rings. The second-order valence-electron chi connectivity index (χ2n) is 6.45. The number of rotatable bonds is 3. The summed E-state index contributed by atoms with van der Waals surface area (Å²) < 4.78 is 50.3. The molecule has 3 rings (SSSR count). The van der Waals surface area contributed by atoms with Crippen molar-refractivity contribution >= 4 is 12.0 Å².